The molecule has 0 aliphatic carbocycles. The topological polar surface area (TPSA) is 109 Å². The van der Waals surface area contributed by atoms with Crippen LogP contribution in [0.3, 0.4) is 0 Å². The Hall–Kier alpha value is -0.960. The van der Waals surface area contributed by atoms with E-state index in [4.69, 9.17) is 10.8 Å². The number of carbonyl (C=O) groups excluding carboxylic acids is 1. The van der Waals surface area contributed by atoms with Crippen molar-refractivity contribution >= 4 is 27.3 Å². The molecule has 0 atom stereocenters. The summed E-state index contributed by atoms with van der Waals surface area (Å²) in [6.07, 6.45) is 0. The number of nitrogens with one attached hydrogen (secondary N) is 1. The number of hydrogen-bond acceptors (Lipinski definition) is 5. The molecule has 0 saturated heterocycles. The second kappa shape index (κ2) is 4.96. The van der Waals surface area contributed by atoms with Gasteiger partial charge in [0, 0.05) is 4.88 Å². The van der Waals surface area contributed by atoms with Crippen LogP contribution >= 0.6 is 11.3 Å². The number of thiophene rings is 1. The molecule has 0 aliphatic rings. The van der Waals surface area contributed by atoms with Crippen LogP contribution in [0.25, 0.3) is 0 Å². The van der Waals surface area contributed by atoms with Crippen LogP contribution in [0.1, 0.15) is 29.1 Å². The van der Waals surface area contributed by atoms with Crippen molar-refractivity contribution < 1.29 is 18.3 Å². The van der Waals surface area contributed by atoms with Gasteiger partial charge in [-0.05, 0) is 26.8 Å². The number of aliphatic hydroxyl groups excluding tert-OH is 1. The summed E-state index contributed by atoms with van der Waals surface area (Å²) in [5.74, 6) is -0.661. The predicted octanol–water partition coefficient (Wildman–Crippen LogP) is 0.205. The molecule has 0 aromatic carbocycles. The van der Waals surface area contributed by atoms with Crippen molar-refractivity contribution in [1.29, 1.82) is 0 Å². The van der Waals surface area contributed by atoms with Gasteiger partial charge in [-0.15, -0.1) is 11.3 Å². The molecule has 6 nitrogen and oxygen atoms in total. The first kappa shape index (κ1) is 15.1. The molecule has 1 heterocycles. The van der Waals surface area contributed by atoms with Gasteiger partial charge in [0.1, 0.15) is 4.21 Å². The van der Waals surface area contributed by atoms with E-state index >= 15 is 0 Å². The summed E-state index contributed by atoms with van der Waals surface area (Å²) in [7, 11) is -3.76. The van der Waals surface area contributed by atoms with Crippen LogP contribution in [0, 0.1) is 6.92 Å². The number of sulfonamides is 1. The molecule has 4 N–H and O–H groups in total. The third-order valence-corrected chi connectivity index (χ3v) is 5.45. The molecule has 1 rings (SSSR count). The summed E-state index contributed by atoms with van der Waals surface area (Å²) >= 11 is 0.968. The van der Waals surface area contributed by atoms with Gasteiger partial charge >= 0.3 is 0 Å². The lowest BCUT2D eigenvalue weighted by Gasteiger charge is -2.22. The summed E-state index contributed by atoms with van der Waals surface area (Å²) in [5, 5.41) is 9.05. The van der Waals surface area contributed by atoms with Crippen molar-refractivity contribution in [1.82, 2.24) is 4.72 Å². The Balaban J connectivity index is 3.14. The third kappa shape index (κ3) is 3.29. The van der Waals surface area contributed by atoms with E-state index in [1.54, 1.807) is 20.8 Å². The molecule has 0 fully saturated rings. The second-order valence-corrected chi connectivity index (χ2v) is 7.71. The van der Waals surface area contributed by atoms with Crippen LogP contribution in [0.15, 0.2) is 10.3 Å². The first-order valence-corrected chi connectivity index (χ1v) is 7.44. The van der Waals surface area contributed by atoms with Crippen molar-refractivity contribution in [2.24, 2.45) is 5.73 Å². The minimum absolute atomic E-state index is 0.00956. The van der Waals surface area contributed by atoms with Crippen LogP contribution in [-0.4, -0.2) is 31.6 Å². The van der Waals surface area contributed by atoms with Crippen LogP contribution in [0.4, 0.5) is 0 Å². The van der Waals surface area contributed by atoms with Gasteiger partial charge in [0.2, 0.25) is 5.91 Å². The van der Waals surface area contributed by atoms with Gasteiger partial charge in [0.25, 0.3) is 10.0 Å². The molecule has 102 valence electrons. The fourth-order valence-electron chi connectivity index (χ4n) is 1.28. The first-order chi connectivity index (χ1) is 8.09. The minimum atomic E-state index is -3.76. The number of amides is 1. The third-order valence-electron chi connectivity index (χ3n) is 2.23. The molecule has 1 amide bonds. The zero-order valence-electron chi connectivity index (χ0n) is 10.4. The average molecular weight is 292 g/mol. The molecule has 0 spiro atoms. The zero-order valence-corrected chi connectivity index (χ0v) is 12.0. The van der Waals surface area contributed by atoms with Crippen molar-refractivity contribution in [3.05, 3.63) is 16.5 Å². The summed E-state index contributed by atoms with van der Waals surface area (Å²) in [5.41, 5.74) is 4.36. The van der Waals surface area contributed by atoms with Crippen LogP contribution in [0.2, 0.25) is 0 Å². The Morgan fingerprint density at radius 1 is 1.56 bits per heavy atom. The van der Waals surface area contributed by atoms with E-state index in [0.717, 1.165) is 11.3 Å². The number of hydrogen-bond donors (Lipinski definition) is 3. The highest BCUT2D eigenvalue weighted by atomic mass is 32.2. The fourth-order valence-corrected chi connectivity index (χ4v) is 4.13. The molecule has 0 aliphatic heterocycles. The summed E-state index contributed by atoms with van der Waals surface area (Å²) in [6, 6.07) is 1.25. The van der Waals surface area contributed by atoms with Gasteiger partial charge in [-0.25, -0.2) is 13.1 Å². The number of aryl methyl sites for hydroxylation is 1. The lowest BCUT2D eigenvalue weighted by atomic mass is 10.1. The lowest BCUT2D eigenvalue weighted by Crippen LogP contribution is -2.45. The SMILES string of the molecule is Cc1sc(S(=O)(=O)NC(C)(C)CO)cc1C(N)=O. The molecule has 0 radical (unpaired) electrons. The minimum Gasteiger partial charge on any atom is -0.394 e. The molecular weight excluding hydrogens is 276 g/mol. The molecule has 18 heavy (non-hydrogen) atoms. The summed E-state index contributed by atoms with van der Waals surface area (Å²) < 4.78 is 26.4. The largest absolute Gasteiger partial charge is 0.394 e. The highest BCUT2D eigenvalue weighted by Gasteiger charge is 2.28. The van der Waals surface area contributed by atoms with Crippen molar-refractivity contribution in [3.8, 4) is 0 Å². The van der Waals surface area contributed by atoms with E-state index in [-0.39, 0.29) is 16.4 Å². The van der Waals surface area contributed by atoms with Crippen LogP contribution in [-0.2, 0) is 10.0 Å². The van der Waals surface area contributed by atoms with E-state index in [0.29, 0.717) is 4.88 Å². The highest BCUT2D eigenvalue weighted by molar-refractivity contribution is 7.91. The van der Waals surface area contributed by atoms with E-state index in [1.165, 1.54) is 6.07 Å². The quantitative estimate of drug-likeness (QED) is 0.720. The van der Waals surface area contributed by atoms with Gasteiger partial charge in [-0.3, -0.25) is 4.79 Å². The van der Waals surface area contributed by atoms with Crippen LogP contribution in [0.5, 0.6) is 0 Å². The Morgan fingerprint density at radius 3 is 2.50 bits per heavy atom. The van der Waals surface area contributed by atoms with Gasteiger partial charge in [-0.2, -0.15) is 0 Å². The maximum atomic E-state index is 12.0. The van der Waals surface area contributed by atoms with Gasteiger partial charge in [0.05, 0.1) is 17.7 Å². The molecule has 1 aromatic heterocycles. The summed E-state index contributed by atoms with van der Waals surface area (Å²) in [6.45, 7) is 4.40. The Morgan fingerprint density at radius 2 is 2.11 bits per heavy atom. The molecule has 0 unspecified atom stereocenters. The van der Waals surface area contributed by atoms with Crippen LogP contribution < -0.4 is 10.5 Å². The first-order valence-electron chi connectivity index (χ1n) is 5.14. The van der Waals surface area contributed by atoms with Crippen molar-refractivity contribution in [2.75, 3.05) is 6.61 Å². The number of primary amides is 1. The Kier molecular flexibility index (Phi) is 4.16. The monoisotopic (exact) mass is 292 g/mol. The number of rotatable bonds is 5. The zero-order chi connectivity index (χ0) is 14.1. The van der Waals surface area contributed by atoms with Gasteiger partial charge < -0.3 is 10.8 Å². The number of nitrogens with two attached hydrogens (primary N) is 1. The molecule has 0 saturated carbocycles. The van der Waals surface area contributed by atoms with Gasteiger partial charge in [-0.1, -0.05) is 0 Å². The van der Waals surface area contributed by atoms with Gasteiger partial charge in [0.15, 0.2) is 0 Å². The maximum Gasteiger partial charge on any atom is 0.250 e. The smallest absolute Gasteiger partial charge is 0.250 e. The molecule has 1 aromatic rings. The lowest BCUT2D eigenvalue weighted by molar-refractivity contribution is 0.1000. The van der Waals surface area contributed by atoms with Crippen molar-refractivity contribution in [2.45, 2.75) is 30.5 Å². The number of carbonyl (C=O) groups is 1. The Bertz CT molecular complexity index is 560. The van der Waals surface area contributed by atoms with E-state index < -0.39 is 21.5 Å². The Labute approximate surface area is 110 Å². The average Bonchev–Trinajstić information content (AvgIpc) is 2.59. The highest BCUT2D eigenvalue weighted by Crippen LogP contribution is 2.26. The molecular formula is C10H16N2O4S2. The molecule has 0 bridgehead atoms. The predicted molar refractivity (Wildman–Crippen MR) is 69.1 cm³/mol. The van der Waals surface area contributed by atoms with E-state index in [9.17, 15) is 13.2 Å². The van der Waals surface area contributed by atoms with E-state index in [2.05, 4.69) is 4.72 Å². The normalized spacial score (nSPS) is 12.7. The van der Waals surface area contributed by atoms with Crippen molar-refractivity contribution in [3.63, 3.8) is 0 Å². The van der Waals surface area contributed by atoms with E-state index in [1.807, 2.05) is 0 Å². The maximum absolute atomic E-state index is 12.0. The number of aliphatic hydroxyl groups is 1. The molecule has 8 heteroatoms. The second-order valence-electron chi connectivity index (χ2n) is 4.55. The standard InChI is InChI=1S/C10H16N2O4S2/c1-6-7(9(11)14)4-8(17-6)18(15,16)12-10(2,3)5-13/h4,12-13H,5H2,1-3H3,(H2,11,14). The fraction of sp³-hybridized carbons (Fsp3) is 0.500. The summed E-state index contributed by atoms with van der Waals surface area (Å²) in [4.78, 5) is 11.6.